The van der Waals surface area contributed by atoms with Crippen LogP contribution in [0.2, 0.25) is 0 Å². The van der Waals surface area contributed by atoms with Crippen LogP contribution in [0.3, 0.4) is 0 Å². The van der Waals surface area contributed by atoms with E-state index >= 15 is 0 Å². The molecule has 1 amide bonds. The zero-order valence-electron chi connectivity index (χ0n) is 12.2. The van der Waals surface area contributed by atoms with E-state index in [1.165, 1.54) is 0 Å². The van der Waals surface area contributed by atoms with Crippen molar-refractivity contribution in [3.8, 4) is 0 Å². The summed E-state index contributed by atoms with van der Waals surface area (Å²) in [5, 5.41) is 11.6. The fraction of sp³-hybridized carbons (Fsp3) is 0.467. The SMILES string of the molecule is CCN(CCC(=O)O)C(C)C(=O)Nc1ccc(C)cc1. The number of carbonyl (C=O) groups is 2. The number of hydrogen-bond acceptors (Lipinski definition) is 3. The molecule has 1 atom stereocenters. The van der Waals surface area contributed by atoms with Crippen LogP contribution in [-0.4, -0.2) is 41.0 Å². The summed E-state index contributed by atoms with van der Waals surface area (Å²) in [4.78, 5) is 24.6. The maximum atomic E-state index is 12.1. The largest absolute Gasteiger partial charge is 0.481 e. The highest BCUT2D eigenvalue weighted by atomic mass is 16.4. The Bertz CT molecular complexity index is 457. The molecule has 0 saturated heterocycles. The van der Waals surface area contributed by atoms with Gasteiger partial charge in [-0.1, -0.05) is 24.6 Å². The number of rotatable bonds is 7. The molecule has 0 aromatic heterocycles. The third kappa shape index (κ3) is 5.01. The number of nitrogens with one attached hydrogen (secondary N) is 1. The molecule has 0 spiro atoms. The van der Waals surface area contributed by atoms with Crippen molar-refractivity contribution in [3.63, 3.8) is 0 Å². The number of likely N-dealkylation sites (N-methyl/N-ethyl adjacent to an activating group) is 1. The van der Waals surface area contributed by atoms with Crippen molar-refractivity contribution in [2.45, 2.75) is 33.2 Å². The van der Waals surface area contributed by atoms with E-state index in [4.69, 9.17) is 5.11 Å². The first-order valence-electron chi connectivity index (χ1n) is 6.77. The van der Waals surface area contributed by atoms with Crippen molar-refractivity contribution in [1.82, 2.24) is 4.90 Å². The Labute approximate surface area is 119 Å². The molecule has 0 bridgehead atoms. The lowest BCUT2D eigenvalue weighted by atomic mass is 10.2. The number of aliphatic carboxylic acids is 1. The quantitative estimate of drug-likeness (QED) is 0.801. The summed E-state index contributed by atoms with van der Waals surface area (Å²) in [5.41, 5.74) is 1.88. The number of hydrogen-bond donors (Lipinski definition) is 2. The summed E-state index contributed by atoms with van der Waals surface area (Å²) >= 11 is 0. The van der Waals surface area contributed by atoms with Gasteiger partial charge in [-0.3, -0.25) is 14.5 Å². The molecule has 2 N–H and O–H groups in total. The smallest absolute Gasteiger partial charge is 0.304 e. The van der Waals surface area contributed by atoms with Crippen molar-refractivity contribution >= 4 is 17.6 Å². The molecular formula is C15H22N2O3. The first kappa shape index (κ1) is 16.2. The molecule has 5 heteroatoms. The standard InChI is InChI=1S/C15H22N2O3/c1-4-17(10-9-14(18)19)12(3)15(20)16-13-7-5-11(2)6-8-13/h5-8,12H,4,9-10H2,1-3H3,(H,16,20)(H,18,19). The average Bonchev–Trinajstić information content (AvgIpc) is 2.41. The van der Waals surface area contributed by atoms with Gasteiger partial charge in [0, 0.05) is 12.2 Å². The Morgan fingerprint density at radius 1 is 1.30 bits per heavy atom. The molecule has 1 rings (SSSR count). The molecule has 0 radical (unpaired) electrons. The van der Waals surface area contributed by atoms with E-state index in [1.54, 1.807) is 6.92 Å². The average molecular weight is 278 g/mol. The van der Waals surface area contributed by atoms with E-state index in [-0.39, 0.29) is 18.4 Å². The van der Waals surface area contributed by atoms with Crippen molar-refractivity contribution in [2.24, 2.45) is 0 Å². The lowest BCUT2D eigenvalue weighted by Crippen LogP contribution is -2.42. The van der Waals surface area contributed by atoms with Gasteiger partial charge in [0.1, 0.15) is 0 Å². The Morgan fingerprint density at radius 2 is 1.90 bits per heavy atom. The topological polar surface area (TPSA) is 69.6 Å². The molecule has 1 unspecified atom stereocenters. The number of aryl methyl sites for hydroxylation is 1. The summed E-state index contributed by atoms with van der Waals surface area (Å²) in [6.07, 6.45) is 0.0377. The first-order valence-corrected chi connectivity index (χ1v) is 6.77. The number of carboxylic acids is 1. The van der Waals surface area contributed by atoms with Crippen LogP contribution in [0.5, 0.6) is 0 Å². The van der Waals surface area contributed by atoms with Crippen LogP contribution in [0, 0.1) is 6.92 Å². The van der Waals surface area contributed by atoms with E-state index in [2.05, 4.69) is 5.32 Å². The number of benzene rings is 1. The predicted octanol–water partition coefficient (Wildman–Crippen LogP) is 2.12. The van der Waals surface area contributed by atoms with Gasteiger partial charge in [0.05, 0.1) is 12.5 Å². The van der Waals surface area contributed by atoms with Crippen molar-refractivity contribution in [1.29, 1.82) is 0 Å². The number of nitrogens with zero attached hydrogens (tertiary/aromatic N) is 1. The highest BCUT2D eigenvalue weighted by Crippen LogP contribution is 2.10. The van der Waals surface area contributed by atoms with Crippen molar-refractivity contribution in [2.75, 3.05) is 18.4 Å². The van der Waals surface area contributed by atoms with Crippen LogP contribution in [-0.2, 0) is 9.59 Å². The first-order chi connectivity index (χ1) is 9.43. The third-order valence-electron chi connectivity index (χ3n) is 3.27. The van der Waals surface area contributed by atoms with Gasteiger partial charge in [0.25, 0.3) is 0 Å². The van der Waals surface area contributed by atoms with E-state index < -0.39 is 5.97 Å². The van der Waals surface area contributed by atoms with E-state index in [1.807, 2.05) is 43.0 Å². The fourth-order valence-electron chi connectivity index (χ4n) is 1.91. The molecule has 0 saturated carbocycles. The molecule has 1 aromatic carbocycles. The summed E-state index contributed by atoms with van der Waals surface area (Å²) in [5.74, 6) is -0.976. The van der Waals surface area contributed by atoms with Crippen LogP contribution < -0.4 is 5.32 Å². The Hall–Kier alpha value is -1.88. The summed E-state index contributed by atoms with van der Waals surface area (Å²) in [7, 11) is 0. The van der Waals surface area contributed by atoms with Crippen molar-refractivity contribution in [3.05, 3.63) is 29.8 Å². The molecule has 0 aliphatic rings. The second-order valence-electron chi connectivity index (χ2n) is 4.80. The van der Waals surface area contributed by atoms with Gasteiger partial charge in [0.15, 0.2) is 0 Å². The van der Waals surface area contributed by atoms with Gasteiger partial charge in [0.2, 0.25) is 5.91 Å². The summed E-state index contributed by atoms with van der Waals surface area (Å²) in [6, 6.07) is 7.21. The minimum Gasteiger partial charge on any atom is -0.481 e. The second kappa shape index (κ2) is 7.65. The third-order valence-corrected chi connectivity index (χ3v) is 3.27. The van der Waals surface area contributed by atoms with Crippen LogP contribution in [0.15, 0.2) is 24.3 Å². The minimum atomic E-state index is -0.852. The number of anilines is 1. The zero-order valence-corrected chi connectivity index (χ0v) is 12.2. The molecule has 110 valence electrons. The Kier molecular flexibility index (Phi) is 6.18. The highest BCUT2D eigenvalue weighted by molar-refractivity contribution is 5.94. The van der Waals surface area contributed by atoms with Crippen LogP contribution in [0.25, 0.3) is 0 Å². The molecule has 0 heterocycles. The number of carbonyl (C=O) groups excluding carboxylic acids is 1. The van der Waals surface area contributed by atoms with Gasteiger partial charge in [-0.25, -0.2) is 0 Å². The zero-order chi connectivity index (χ0) is 15.1. The number of amides is 1. The Balaban J connectivity index is 2.59. The maximum Gasteiger partial charge on any atom is 0.304 e. The molecule has 0 aliphatic heterocycles. The minimum absolute atomic E-state index is 0.0377. The normalized spacial score (nSPS) is 12.2. The molecule has 0 aliphatic carbocycles. The molecule has 0 fully saturated rings. The van der Waals surface area contributed by atoms with E-state index in [9.17, 15) is 9.59 Å². The van der Waals surface area contributed by atoms with Gasteiger partial charge in [-0.05, 0) is 32.5 Å². The fourth-order valence-corrected chi connectivity index (χ4v) is 1.91. The molecular weight excluding hydrogens is 256 g/mol. The maximum absolute atomic E-state index is 12.1. The lowest BCUT2D eigenvalue weighted by Gasteiger charge is -2.26. The second-order valence-corrected chi connectivity index (χ2v) is 4.80. The summed E-state index contributed by atoms with van der Waals surface area (Å²) < 4.78 is 0. The number of carboxylic acid groups (broad SMARTS) is 1. The highest BCUT2D eigenvalue weighted by Gasteiger charge is 2.20. The molecule has 5 nitrogen and oxygen atoms in total. The van der Waals surface area contributed by atoms with Crippen LogP contribution in [0.4, 0.5) is 5.69 Å². The molecule has 20 heavy (non-hydrogen) atoms. The predicted molar refractivity (Wildman–Crippen MR) is 78.8 cm³/mol. The Morgan fingerprint density at radius 3 is 2.40 bits per heavy atom. The van der Waals surface area contributed by atoms with Crippen LogP contribution >= 0.6 is 0 Å². The van der Waals surface area contributed by atoms with E-state index in [0.29, 0.717) is 13.1 Å². The van der Waals surface area contributed by atoms with Gasteiger partial charge in [-0.15, -0.1) is 0 Å². The van der Waals surface area contributed by atoms with Crippen molar-refractivity contribution < 1.29 is 14.7 Å². The lowest BCUT2D eigenvalue weighted by molar-refractivity contribution is -0.138. The van der Waals surface area contributed by atoms with Gasteiger partial charge < -0.3 is 10.4 Å². The van der Waals surface area contributed by atoms with E-state index in [0.717, 1.165) is 11.3 Å². The summed E-state index contributed by atoms with van der Waals surface area (Å²) in [6.45, 7) is 6.69. The van der Waals surface area contributed by atoms with Crippen LogP contribution in [0.1, 0.15) is 25.8 Å². The van der Waals surface area contributed by atoms with Gasteiger partial charge >= 0.3 is 5.97 Å². The molecule has 1 aromatic rings. The van der Waals surface area contributed by atoms with Gasteiger partial charge in [-0.2, -0.15) is 0 Å². The monoisotopic (exact) mass is 278 g/mol.